The maximum absolute atomic E-state index is 12.7. The third kappa shape index (κ3) is 5.23. The maximum Gasteiger partial charge on any atom is 0.194 e. The monoisotopic (exact) mass is 482 g/mol. The van der Waals surface area contributed by atoms with Crippen LogP contribution in [0, 0.1) is 0 Å². The number of ether oxygens (including phenoxy) is 1. The van der Waals surface area contributed by atoms with Crippen molar-refractivity contribution in [2.75, 3.05) is 12.4 Å². The molecule has 1 saturated carbocycles. The lowest BCUT2D eigenvalue weighted by Crippen LogP contribution is -2.45. The van der Waals surface area contributed by atoms with E-state index in [1.54, 1.807) is 19.4 Å². The van der Waals surface area contributed by atoms with Crippen LogP contribution in [0.4, 0.5) is 5.82 Å². The van der Waals surface area contributed by atoms with Gasteiger partial charge in [-0.25, -0.2) is 4.68 Å². The van der Waals surface area contributed by atoms with E-state index >= 15 is 0 Å². The fraction of sp³-hybridized carbons (Fsp3) is 0.538. The van der Waals surface area contributed by atoms with Crippen LogP contribution in [0.2, 0.25) is 18.1 Å². The minimum Gasteiger partial charge on any atom is -0.497 e. The first-order valence-electron chi connectivity index (χ1n) is 12.2. The van der Waals surface area contributed by atoms with Crippen molar-refractivity contribution in [3.8, 4) is 5.75 Å². The van der Waals surface area contributed by atoms with Gasteiger partial charge in [-0.05, 0) is 61.5 Å². The molecule has 1 aromatic carbocycles. The fourth-order valence-corrected chi connectivity index (χ4v) is 5.78. The Morgan fingerprint density at radius 2 is 1.79 bits per heavy atom. The molecule has 0 aliphatic heterocycles. The predicted octanol–water partition coefficient (Wildman–Crippen LogP) is 5.53. The Morgan fingerprint density at radius 3 is 2.41 bits per heavy atom. The van der Waals surface area contributed by atoms with Crippen LogP contribution in [0.5, 0.6) is 5.75 Å². The molecular formula is C26H38N4O3Si. The Hall–Kier alpha value is -2.58. The van der Waals surface area contributed by atoms with Gasteiger partial charge in [-0.2, -0.15) is 5.10 Å². The minimum atomic E-state index is -1.76. The van der Waals surface area contributed by atoms with E-state index < -0.39 is 8.32 Å². The van der Waals surface area contributed by atoms with Crippen molar-refractivity contribution < 1.29 is 9.16 Å². The second-order valence-electron chi connectivity index (χ2n) is 10.9. The normalized spacial score (nSPS) is 19.4. The Bertz CT molecular complexity index is 1170. The van der Waals surface area contributed by atoms with Gasteiger partial charge in [0, 0.05) is 24.4 Å². The Labute approximate surface area is 203 Å². The number of anilines is 1. The highest BCUT2D eigenvalue weighted by atomic mass is 28.4. The topological polar surface area (TPSA) is 81.2 Å². The molecular weight excluding hydrogens is 444 g/mol. The van der Waals surface area contributed by atoms with E-state index in [1.807, 2.05) is 28.9 Å². The molecule has 7 nitrogen and oxygen atoms in total. The van der Waals surface area contributed by atoms with Crippen molar-refractivity contribution in [3.05, 3.63) is 52.3 Å². The first kappa shape index (κ1) is 24.5. The van der Waals surface area contributed by atoms with Crippen LogP contribution in [0.1, 0.15) is 52.0 Å². The summed E-state index contributed by atoms with van der Waals surface area (Å²) in [6, 6.07) is 9.76. The molecule has 1 fully saturated rings. The van der Waals surface area contributed by atoms with E-state index in [1.165, 1.54) is 0 Å². The molecule has 34 heavy (non-hydrogen) atoms. The van der Waals surface area contributed by atoms with Crippen LogP contribution in [0.15, 0.2) is 41.3 Å². The molecule has 8 heteroatoms. The number of nitrogens with one attached hydrogen (secondary N) is 2. The summed E-state index contributed by atoms with van der Waals surface area (Å²) in [5.41, 5.74) is 1.80. The molecule has 2 heterocycles. The molecule has 0 unspecified atom stereocenters. The number of pyridine rings is 1. The largest absolute Gasteiger partial charge is 0.497 e. The second-order valence-corrected chi connectivity index (χ2v) is 15.7. The minimum absolute atomic E-state index is 0.0211. The summed E-state index contributed by atoms with van der Waals surface area (Å²) in [6.45, 7) is 12.1. The molecule has 0 bridgehead atoms. The summed E-state index contributed by atoms with van der Waals surface area (Å²) in [7, 11) is -0.103. The number of H-pyrrole nitrogens is 1. The first-order valence-corrected chi connectivity index (χ1v) is 15.1. The van der Waals surface area contributed by atoms with E-state index in [-0.39, 0.29) is 16.5 Å². The molecule has 0 amide bonds. The fourth-order valence-electron chi connectivity index (χ4n) is 4.35. The number of methoxy groups -OCH3 is 1. The molecule has 0 atom stereocenters. The Balaban J connectivity index is 1.48. The van der Waals surface area contributed by atoms with Gasteiger partial charge in [-0.3, -0.25) is 4.79 Å². The van der Waals surface area contributed by atoms with Crippen LogP contribution in [0.3, 0.4) is 0 Å². The number of fused-ring (bicyclic) bond motifs is 1. The van der Waals surface area contributed by atoms with E-state index in [9.17, 15) is 4.79 Å². The molecule has 0 saturated heterocycles. The van der Waals surface area contributed by atoms with Gasteiger partial charge in [0.05, 0.1) is 13.7 Å². The zero-order chi connectivity index (χ0) is 24.5. The van der Waals surface area contributed by atoms with Crippen molar-refractivity contribution in [2.24, 2.45) is 0 Å². The number of rotatable bonds is 7. The van der Waals surface area contributed by atoms with Gasteiger partial charge >= 0.3 is 0 Å². The average Bonchev–Trinajstić information content (AvgIpc) is 3.13. The van der Waals surface area contributed by atoms with Gasteiger partial charge in [0.25, 0.3) is 0 Å². The van der Waals surface area contributed by atoms with Crippen molar-refractivity contribution in [2.45, 2.75) is 83.3 Å². The molecule has 0 radical (unpaired) electrons. The summed E-state index contributed by atoms with van der Waals surface area (Å²) in [5, 5.41) is 9.24. The lowest BCUT2D eigenvalue weighted by atomic mass is 9.93. The number of benzene rings is 1. The summed E-state index contributed by atoms with van der Waals surface area (Å²) >= 11 is 0. The quantitative estimate of drug-likeness (QED) is 0.433. The third-order valence-electron chi connectivity index (χ3n) is 7.43. The SMILES string of the molecule is COc1ccc(Cn2nc(NC3CCC(O[Si](C)(C)C(C)(C)C)CC3)c3c(=O)cc[nH]c32)cc1. The number of aromatic amines is 1. The predicted molar refractivity (Wildman–Crippen MR) is 140 cm³/mol. The lowest BCUT2D eigenvalue weighted by molar-refractivity contribution is 0.133. The molecule has 4 rings (SSSR count). The smallest absolute Gasteiger partial charge is 0.194 e. The van der Waals surface area contributed by atoms with Crippen LogP contribution in [0.25, 0.3) is 11.0 Å². The first-order chi connectivity index (χ1) is 16.1. The zero-order valence-electron chi connectivity index (χ0n) is 21.3. The van der Waals surface area contributed by atoms with Crippen LogP contribution in [-0.4, -0.2) is 42.3 Å². The molecule has 1 aliphatic rings. The second kappa shape index (κ2) is 9.58. The standard InChI is InChI=1S/C26H38N4O3Si/c1-26(2,3)34(5,6)33-21-13-9-19(10-14-21)28-24-23-22(31)15-16-27-25(23)30(29-24)17-18-7-11-20(32-4)12-8-18/h7-8,11-12,15-16,19,21H,9-10,13-14,17H2,1-6H3,(H,27,31)(H,28,29). The molecule has 2 aromatic heterocycles. The lowest BCUT2D eigenvalue weighted by Gasteiger charge is -2.41. The number of nitrogens with zero attached hydrogens (tertiary/aromatic N) is 2. The molecule has 184 valence electrons. The van der Waals surface area contributed by atoms with Crippen molar-refractivity contribution in [3.63, 3.8) is 0 Å². The van der Waals surface area contributed by atoms with Gasteiger partial charge in [0.2, 0.25) is 0 Å². The Morgan fingerprint density at radius 1 is 1.12 bits per heavy atom. The van der Waals surface area contributed by atoms with Gasteiger partial charge in [-0.1, -0.05) is 32.9 Å². The van der Waals surface area contributed by atoms with E-state index in [0.29, 0.717) is 23.9 Å². The van der Waals surface area contributed by atoms with Crippen LogP contribution >= 0.6 is 0 Å². The van der Waals surface area contributed by atoms with Crippen molar-refractivity contribution >= 4 is 25.2 Å². The average molecular weight is 483 g/mol. The zero-order valence-corrected chi connectivity index (χ0v) is 22.3. The Kier molecular flexibility index (Phi) is 6.91. The summed E-state index contributed by atoms with van der Waals surface area (Å²) in [6.07, 6.45) is 6.10. The van der Waals surface area contributed by atoms with Crippen molar-refractivity contribution in [1.82, 2.24) is 14.8 Å². The molecule has 0 spiro atoms. The van der Waals surface area contributed by atoms with Crippen molar-refractivity contribution in [1.29, 1.82) is 0 Å². The van der Waals surface area contributed by atoms with Crippen LogP contribution < -0.4 is 15.5 Å². The number of hydrogen-bond donors (Lipinski definition) is 2. The van der Waals surface area contributed by atoms with E-state index in [0.717, 1.165) is 42.6 Å². The highest BCUT2D eigenvalue weighted by Crippen LogP contribution is 2.39. The van der Waals surface area contributed by atoms with E-state index in [2.05, 4.69) is 44.2 Å². The summed E-state index contributed by atoms with van der Waals surface area (Å²) in [4.78, 5) is 16.0. The number of aromatic nitrogens is 3. The number of hydrogen-bond acceptors (Lipinski definition) is 5. The van der Waals surface area contributed by atoms with Gasteiger partial charge in [0.15, 0.2) is 19.6 Å². The van der Waals surface area contributed by atoms with Gasteiger partial charge in [0.1, 0.15) is 16.8 Å². The molecule has 3 aromatic rings. The summed E-state index contributed by atoms with van der Waals surface area (Å²) < 4.78 is 13.8. The highest BCUT2D eigenvalue weighted by molar-refractivity contribution is 6.74. The highest BCUT2D eigenvalue weighted by Gasteiger charge is 2.39. The summed E-state index contributed by atoms with van der Waals surface area (Å²) in [5.74, 6) is 1.48. The molecule has 1 aliphatic carbocycles. The van der Waals surface area contributed by atoms with E-state index in [4.69, 9.17) is 14.3 Å². The van der Waals surface area contributed by atoms with Crippen LogP contribution in [-0.2, 0) is 11.0 Å². The molecule has 2 N–H and O–H groups in total. The van der Waals surface area contributed by atoms with Gasteiger partial charge in [-0.15, -0.1) is 0 Å². The van der Waals surface area contributed by atoms with Gasteiger partial charge < -0.3 is 19.5 Å². The third-order valence-corrected chi connectivity index (χ3v) is 12.0. The maximum atomic E-state index is 12.7.